The highest BCUT2D eigenvalue weighted by Crippen LogP contribution is 2.75. The fraction of sp³-hybridized carbons (Fsp3) is 0.761. The van der Waals surface area contributed by atoms with Crippen LogP contribution < -0.4 is 15.7 Å². The largest absolute Gasteiger partial charge is 0.393 e. The molecule has 1 heterocycles. The van der Waals surface area contributed by atoms with E-state index in [4.69, 9.17) is 5.21 Å². The second-order valence-corrected chi connectivity index (χ2v) is 20.7. The normalized spacial score (nSPS) is 39.6. The Hall–Kier alpha value is -2.75. The number of unbranched alkanes of at least 4 members (excludes halogenated alkanes) is 2. The third-order valence-corrected chi connectivity index (χ3v) is 17.3. The van der Waals surface area contributed by atoms with Gasteiger partial charge in [-0.2, -0.15) is 0 Å². The van der Waals surface area contributed by atoms with Crippen LogP contribution >= 0.6 is 0 Å². The summed E-state index contributed by atoms with van der Waals surface area (Å²) in [7, 11) is 0. The lowest BCUT2D eigenvalue weighted by molar-refractivity contribution is -0.202. The van der Waals surface area contributed by atoms with Crippen molar-refractivity contribution < 1.29 is 24.7 Å². The molecule has 9 nitrogen and oxygen atoms in total. The Labute approximate surface area is 330 Å². The van der Waals surface area contributed by atoms with Crippen LogP contribution in [0.1, 0.15) is 132 Å². The predicted octanol–water partition coefficient (Wildman–Crippen LogP) is 8.15. The highest BCUT2D eigenvalue weighted by atomic mass is 16.5. The van der Waals surface area contributed by atoms with E-state index in [-0.39, 0.29) is 56.8 Å². The Morgan fingerprint density at radius 3 is 2.22 bits per heavy atom. The molecule has 4 saturated carbocycles. The molecule has 1 aromatic rings. The van der Waals surface area contributed by atoms with Crippen LogP contribution in [0.4, 0.5) is 11.4 Å². The molecule has 6 aliphatic rings. The minimum Gasteiger partial charge on any atom is -0.393 e. The molecule has 5 aliphatic carbocycles. The van der Waals surface area contributed by atoms with Crippen molar-refractivity contribution in [2.24, 2.45) is 50.2 Å². The number of allylic oxidation sites excluding steroid dienone is 2. The lowest BCUT2D eigenvalue weighted by atomic mass is 9.33. The summed E-state index contributed by atoms with van der Waals surface area (Å²) in [5.41, 5.74) is 4.45. The number of carbonyl (C=O) groups is 3. The van der Waals surface area contributed by atoms with Crippen molar-refractivity contribution in [3.05, 3.63) is 35.9 Å². The molecule has 55 heavy (non-hydrogen) atoms. The molecule has 9 heteroatoms. The monoisotopic (exact) mass is 759 g/mol. The number of benzene rings is 1. The number of hydrogen-bond acceptors (Lipinski definition) is 7. The fourth-order valence-corrected chi connectivity index (χ4v) is 13.6. The topological polar surface area (TPSA) is 122 Å². The summed E-state index contributed by atoms with van der Waals surface area (Å²) in [6.45, 7) is 19.9. The van der Waals surface area contributed by atoms with Crippen molar-refractivity contribution in [1.82, 2.24) is 10.4 Å². The Morgan fingerprint density at radius 1 is 0.836 bits per heavy atom. The van der Waals surface area contributed by atoms with Gasteiger partial charge in [0.2, 0.25) is 11.8 Å². The highest BCUT2D eigenvalue weighted by Gasteiger charge is 2.70. The maximum Gasteiger partial charge on any atom is 0.228 e. The van der Waals surface area contributed by atoms with Crippen LogP contribution in [0.3, 0.4) is 0 Å². The molecule has 2 amide bonds. The van der Waals surface area contributed by atoms with Crippen molar-refractivity contribution in [2.45, 2.75) is 138 Å². The second kappa shape index (κ2) is 14.6. The first kappa shape index (κ1) is 40.4. The molecule has 1 saturated heterocycles. The van der Waals surface area contributed by atoms with Crippen LogP contribution in [0.15, 0.2) is 35.9 Å². The van der Waals surface area contributed by atoms with E-state index < -0.39 is 5.41 Å². The third kappa shape index (κ3) is 6.70. The molecule has 0 unspecified atom stereocenters. The number of anilines is 2. The van der Waals surface area contributed by atoms with Gasteiger partial charge in [0.25, 0.3) is 0 Å². The summed E-state index contributed by atoms with van der Waals surface area (Å²) in [6, 6.07) is 8.02. The summed E-state index contributed by atoms with van der Waals surface area (Å²) in [5, 5.41) is 22.8. The number of amides is 2. The quantitative estimate of drug-likeness (QED) is 0.148. The summed E-state index contributed by atoms with van der Waals surface area (Å²) in [6.07, 6.45) is 13.5. The molecule has 304 valence electrons. The SMILES string of the molecule is CC1(C)[C@@H](O)CC[C@]2(C)[C@H]3C(=O)C=C4[C@@H]5C[C@@](C)(C(=O)N6CCN(c7ccc(NC(=O)CCCCCNO)cc7)CC6)CC[C@]5(C)CC[C@@]4(C)[C@]3(C)CC[C@@H]12. The molecule has 1 aliphatic heterocycles. The minimum atomic E-state index is -0.463. The summed E-state index contributed by atoms with van der Waals surface area (Å²) < 4.78 is 0. The number of aliphatic hydroxyl groups excluding tert-OH is 1. The third-order valence-electron chi connectivity index (χ3n) is 17.3. The average Bonchev–Trinajstić information content (AvgIpc) is 3.15. The number of fused-ring (bicyclic) bond motifs is 7. The zero-order valence-electron chi connectivity index (χ0n) is 34.9. The number of nitrogens with zero attached hydrogens (tertiary/aromatic N) is 2. The standard InChI is InChI=1S/C46H70N4O5/c1-41(2)36-16-19-46(7)39(44(36,5)18-17-37(41)52)35(51)29-33-34-30-43(4,21-20-42(34,3)22-23-45(33,46)6)40(54)50-27-25-49(26-28-50)32-14-12-31(13-15-32)48-38(53)11-9-8-10-24-47-55/h12-15,29,34,36-37,39,47,52,55H,8-11,16-28,30H2,1-7H3,(H,48,53)/t34-,36-,37-,39+,42+,43-,44-,45+,46+/m0/s1. The maximum atomic E-state index is 14.7. The molecule has 0 aromatic heterocycles. The molecule has 9 atom stereocenters. The van der Waals surface area contributed by atoms with E-state index in [1.807, 2.05) is 12.1 Å². The number of aliphatic hydroxyl groups is 1. The Balaban J connectivity index is 1.02. The zero-order valence-corrected chi connectivity index (χ0v) is 34.9. The van der Waals surface area contributed by atoms with Crippen LogP contribution in [0.2, 0.25) is 0 Å². The number of nitrogens with one attached hydrogen (secondary N) is 2. The first-order valence-electron chi connectivity index (χ1n) is 21.7. The molecule has 7 rings (SSSR count). The molecule has 1 aromatic carbocycles. The number of hydrogen-bond donors (Lipinski definition) is 4. The minimum absolute atomic E-state index is 0.00236. The van der Waals surface area contributed by atoms with Crippen molar-refractivity contribution in [3.63, 3.8) is 0 Å². The predicted molar refractivity (Wildman–Crippen MR) is 218 cm³/mol. The van der Waals surface area contributed by atoms with Crippen LogP contribution in [0.25, 0.3) is 0 Å². The van der Waals surface area contributed by atoms with Gasteiger partial charge in [-0.25, -0.2) is 5.48 Å². The smallest absolute Gasteiger partial charge is 0.228 e. The molecular weight excluding hydrogens is 689 g/mol. The van der Waals surface area contributed by atoms with E-state index in [9.17, 15) is 19.5 Å². The van der Waals surface area contributed by atoms with E-state index in [1.54, 1.807) is 0 Å². The first-order valence-corrected chi connectivity index (χ1v) is 21.7. The number of carbonyl (C=O) groups excluding carboxylic acids is 3. The molecule has 5 fully saturated rings. The van der Waals surface area contributed by atoms with Crippen LogP contribution in [-0.4, -0.2) is 71.6 Å². The molecule has 0 radical (unpaired) electrons. The summed E-state index contributed by atoms with van der Waals surface area (Å²) >= 11 is 0. The van der Waals surface area contributed by atoms with Crippen LogP contribution in [0.5, 0.6) is 0 Å². The summed E-state index contributed by atoms with van der Waals surface area (Å²) in [5.74, 6) is 1.09. The Morgan fingerprint density at radius 2 is 1.53 bits per heavy atom. The van der Waals surface area contributed by atoms with E-state index >= 15 is 0 Å². The zero-order chi connectivity index (χ0) is 39.6. The van der Waals surface area contributed by atoms with Crippen molar-refractivity contribution in [1.29, 1.82) is 0 Å². The number of hydroxylamine groups is 1. The van der Waals surface area contributed by atoms with E-state index in [0.29, 0.717) is 37.8 Å². The van der Waals surface area contributed by atoms with Crippen LogP contribution in [-0.2, 0) is 14.4 Å². The molecule has 4 N–H and O–H groups in total. The number of piperazine rings is 1. The van der Waals surface area contributed by atoms with Crippen molar-refractivity contribution in [3.8, 4) is 0 Å². The van der Waals surface area contributed by atoms with Crippen molar-refractivity contribution >= 4 is 29.0 Å². The molecule has 0 spiro atoms. The molecular formula is C46H70N4O5. The van der Waals surface area contributed by atoms with Gasteiger partial charge in [0.15, 0.2) is 5.78 Å². The number of ketones is 1. The van der Waals surface area contributed by atoms with Gasteiger partial charge >= 0.3 is 0 Å². The fourth-order valence-electron chi connectivity index (χ4n) is 13.6. The van der Waals surface area contributed by atoms with E-state index in [0.717, 1.165) is 102 Å². The maximum absolute atomic E-state index is 14.7. The van der Waals surface area contributed by atoms with Gasteiger partial charge < -0.3 is 25.4 Å². The molecule has 0 bridgehead atoms. The summed E-state index contributed by atoms with van der Waals surface area (Å²) in [4.78, 5) is 46.2. The average molecular weight is 759 g/mol. The lowest BCUT2D eigenvalue weighted by Crippen LogP contribution is -2.66. The highest BCUT2D eigenvalue weighted by molar-refractivity contribution is 5.96. The van der Waals surface area contributed by atoms with Gasteiger partial charge in [0.05, 0.1) is 6.10 Å². The van der Waals surface area contributed by atoms with Gasteiger partial charge in [0, 0.05) is 61.9 Å². The van der Waals surface area contributed by atoms with Gasteiger partial charge in [0.1, 0.15) is 0 Å². The van der Waals surface area contributed by atoms with E-state index in [2.05, 4.69) is 87.3 Å². The van der Waals surface area contributed by atoms with Gasteiger partial charge in [-0.15, -0.1) is 0 Å². The Bertz CT molecular complexity index is 1670. The van der Waals surface area contributed by atoms with Gasteiger partial charge in [-0.05, 0) is 140 Å². The van der Waals surface area contributed by atoms with Gasteiger partial charge in [-0.1, -0.05) is 60.5 Å². The first-order chi connectivity index (χ1) is 25.9. The van der Waals surface area contributed by atoms with Gasteiger partial charge in [-0.3, -0.25) is 14.4 Å². The number of rotatable bonds is 9. The Kier molecular flexibility index (Phi) is 10.7. The van der Waals surface area contributed by atoms with Crippen molar-refractivity contribution in [2.75, 3.05) is 42.9 Å². The second-order valence-electron chi connectivity index (χ2n) is 20.7. The van der Waals surface area contributed by atoms with E-state index in [1.165, 1.54) is 5.57 Å². The lowest BCUT2D eigenvalue weighted by Gasteiger charge is -2.70. The van der Waals surface area contributed by atoms with Crippen LogP contribution in [0, 0.1) is 50.2 Å².